The van der Waals surface area contributed by atoms with Crippen molar-refractivity contribution in [2.24, 2.45) is 0 Å². The van der Waals surface area contributed by atoms with Crippen LogP contribution in [-0.4, -0.2) is 21.9 Å². The van der Waals surface area contributed by atoms with Gasteiger partial charge in [-0.1, -0.05) is 22.9 Å². The third kappa shape index (κ3) is 3.92. The Morgan fingerprint density at radius 1 is 1.35 bits per heavy atom. The molecule has 0 bridgehead atoms. The van der Waals surface area contributed by atoms with Crippen LogP contribution in [0.25, 0.3) is 10.2 Å². The van der Waals surface area contributed by atoms with Crippen LogP contribution in [0.4, 0.5) is 10.8 Å². The van der Waals surface area contributed by atoms with Crippen molar-refractivity contribution in [3.05, 3.63) is 57.1 Å². The topological polar surface area (TPSA) is 94.4 Å². The van der Waals surface area contributed by atoms with E-state index in [-0.39, 0.29) is 11.6 Å². The monoisotopic (exact) mass is 391 g/mol. The largest absolute Gasteiger partial charge is 0.481 e. The number of rotatable bonds is 5. The molecule has 0 radical (unpaired) electrons. The van der Waals surface area contributed by atoms with Crippen molar-refractivity contribution in [2.45, 2.75) is 20.0 Å². The van der Waals surface area contributed by atoms with Gasteiger partial charge in [-0.3, -0.25) is 20.2 Å². The summed E-state index contributed by atoms with van der Waals surface area (Å²) in [4.78, 5) is 27.0. The number of hydrogen-bond donors (Lipinski definition) is 1. The van der Waals surface area contributed by atoms with Gasteiger partial charge in [-0.05, 0) is 43.7 Å². The van der Waals surface area contributed by atoms with Gasteiger partial charge >= 0.3 is 0 Å². The summed E-state index contributed by atoms with van der Waals surface area (Å²) in [6.07, 6.45) is -0.753. The van der Waals surface area contributed by atoms with E-state index < -0.39 is 11.0 Å². The number of carbonyl (C=O) groups is 1. The molecule has 1 atom stereocenters. The van der Waals surface area contributed by atoms with E-state index >= 15 is 0 Å². The van der Waals surface area contributed by atoms with E-state index in [1.165, 1.54) is 23.5 Å². The van der Waals surface area contributed by atoms with Crippen LogP contribution in [0.5, 0.6) is 5.75 Å². The molecule has 0 saturated heterocycles. The summed E-state index contributed by atoms with van der Waals surface area (Å²) < 4.78 is 6.30. The number of non-ortho nitro benzene ring substituents is 1. The van der Waals surface area contributed by atoms with Crippen molar-refractivity contribution in [2.75, 3.05) is 5.32 Å². The number of aromatic nitrogens is 1. The third-order valence-electron chi connectivity index (χ3n) is 3.62. The first-order valence-corrected chi connectivity index (χ1v) is 8.81. The highest BCUT2D eigenvalue weighted by Crippen LogP contribution is 2.29. The number of anilines is 1. The molecule has 7 nitrogen and oxygen atoms in total. The van der Waals surface area contributed by atoms with Gasteiger partial charge in [0.25, 0.3) is 11.6 Å². The van der Waals surface area contributed by atoms with E-state index in [2.05, 4.69) is 10.3 Å². The highest BCUT2D eigenvalue weighted by molar-refractivity contribution is 7.22. The molecule has 3 aromatic rings. The first-order chi connectivity index (χ1) is 12.3. The molecule has 1 N–H and O–H groups in total. The maximum atomic E-state index is 12.3. The summed E-state index contributed by atoms with van der Waals surface area (Å²) in [5, 5.41) is 14.5. The Morgan fingerprint density at radius 2 is 2.12 bits per heavy atom. The van der Waals surface area contributed by atoms with Crippen molar-refractivity contribution >= 4 is 49.9 Å². The minimum atomic E-state index is -0.753. The number of halogens is 1. The van der Waals surface area contributed by atoms with Gasteiger partial charge in [0.2, 0.25) is 0 Å². The lowest BCUT2D eigenvalue weighted by Gasteiger charge is -2.15. The average molecular weight is 392 g/mol. The predicted octanol–water partition coefficient (Wildman–Crippen LogP) is 4.57. The number of fused-ring (bicyclic) bond motifs is 1. The van der Waals surface area contributed by atoms with Gasteiger partial charge in [0.1, 0.15) is 5.75 Å². The number of benzene rings is 2. The van der Waals surface area contributed by atoms with E-state index in [0.717, 1.165) is 5.56 Å². The van der Waals surface area contributed by atoms with Gasteiger partial charge in [-0.25, -0.2) is 4.98 Å². The fraction of sp³-hybridized carbons (Fsp3) is 0.176. The summed E-state index contributed by atoms with van der Waals surface area (Å²) >= 11 is 7.07. The Hall–Kier alpha value is -2.71. The summed E-state index contributed by atoms with van der Waals surface area (Å²) in [5.41, 5.74) is 1.39. The van der Waals surface area contributed by atoms with Crippen LogP contribution in [0.15, 0.2) is 36.4 Å². The Morgan fingerprint density at radius 3 is 2.81 bits per heavy atom. The van der Waals surface area contributed by atoms with Crippen LogP contribution in [0.2, 0.25) is 5.02 Å². The molecule has 0 aliphatic carbocycles. The molecule has 0 fully saturated rings. The molecule has 134 valence electrons. The third-order valence-corrected chi connectivity index (χ3v) is 4.79. The Kier molecular flexibility index (Phi) is 5.06. The smallest absolute Gasteiger partial charge is 0.270 e. The van der Waals surface area contributed by atoms with E-state index in [0.29, 0.717) is 26.1 Å². The standard InChI is InChI=1S/C17H14ClN3O4S/c1-9-7-11(18)3-6-14(9)25-10(2)16(22)20-17-19-13-5-4-12(21(23)24)8-15(13)26-17/h3-8,10H,1-2H3,(H,19,20,22)/t10-/m0/s1. The maximum Gasteiger partial charge on any atom is 0.270 e. The zero-order valence-electron chi connectivity index (χ0n) is 13.9. The van der Waals surface area contributed by atoms with Gasteiger partial charge < -0.3 is 4.74 Å². The number of hydrogen-bond acceptors (Lipinski definition) is 6. The molecule has 0 aliphatic rings. The zero-order chi connectivity index (χ0) is 18.8. The molecule has 3 rings (SSSR count). The van der Waals surface area contributed by atoms with Crippen molar-refractivity contribution < 1.29 is 14.5 Å². The van der Waals surface area contributed by atoms with Crippen molar-refractivity contribution in [1.29, 1.82) is 0 Å². The van der Waals surface area contributed by atoms with Crippen molar-refractivity contribution in [3.8, 4) is 5.75 Å². The lowest BCUT2D eigenvalue weighted by Crippen LogP contribution is -2.30. The molecule has 1 heterocycles. The molecule has 26 heavy (non-hydrogen) atoms. The summed E-state index contributed by atoms with van der Waals surface area (Å²) in [5.74, 6) is 0.199. The highest BCUT2D eigenvalue weighted by Gasteiger charge is 2.18. The fourth-order valence-electron chi connectivity index (χ4n) is 2.28. The van der Waals surface area contributed by atoms with Gasteiger partial charge in [0.05, 0.1) is 15.1 Å². The molecule has 1 amide bonds. The Labute approximate surface area is 157 Å². The molecule has 0 unspecified atom stereocenters. The Balaban J connectivity index is 1.72. The fourth-order valence-corrected chi connectivity index (χ4v) is 3.40. The number of nitrogens with zero attached hydrogens (tertiary/aromatic N) is 2. The van der Waals surface area contributed by atoms with E-state index in [1.54, 1.807) is 31.2 Å². The average Bonchev–Trinajstić information content (AvgIpc) is 2.98. The van der Waals surface area contributed by atoms with E-state index in [1.807, 2.05) is 6.92 Å². The minimum Gasteiger partial charge on any atom is -0.481 e. The van der Waals surface area contributed by atoms with Gasteiger partial charge in [-0.15, -0.1) is 0 Å². The number of nitro benzene ring substituents is 1. The van der Waals surface area contributed by atoms with Crippen molar-refractivity contribution in [3.63, 3.8) is 0 Å². The second-order valence-electron chi connectivity index (χ2n) is 5.59. The number of aryl methyl sites for hydroxylation is 1. The highest BCUT2D eigenvalue weighted by atomic mass is 35.5. The van der Waals surface area contributed by atoms with Crippen molar-refractivity contribution in [1.82, 2.24) is 4.98 Å². The number of ether oxygens (including phenoxy) is 1. The molecule has 1 aromatic heterocycles. The maximum absolute atomic E-state index is 12.3. The Bertz CT molecular complexity index is 1000. The molecule has 2 aromatic carbocycles. The number of thiazole rings is 1. The second-order valence-corrected chi connectivity index (χ2v) is 7.05. The van der Waals surface area contributed by atoms with E-state index in [9.17, 15) is 14.9 Å². The predicted molar refractivity (Wildman–Crippen MR) is 101 cm³/mol. The summed E-state index contributed by atoms with van der Waals surface area (Å²) in [7, 11) is 0. The molecule has 0 saturated carbocycles. The molecule has 0 spiro atoms. The van der Waals surface area contributed by atoms with Crippen LogP contribution in [0.3, 0.4) is 0 Å². The number of carbonyl (C=O) groups excluding carboxylic acids is 1. The van der Waals surface area contributed by atoms with Crippen LogP contribution < -0.4 is 10.1 Å². The summed E-state index contributed by atoms with van der Waals surface area (Å²) in [6.45, 7) is 3.47. The first-order valence-electron chi connectivity index (χ1n) is 7.62. The second kappa shape index (κ2) is 7.27. The molecule has 0 aliphatic heterocycles. The van der Waals surface area contributed by atoms with Crippen LogP contribution >= 0.6 is 22.9 Å². The minimum absolute atomic E-state index is 0.0195. The lowest BCUT2D eigenvalue weighted by molar-refractivity contribution is -0.384. The van der Waals surface area contributed by atoms with Gasteiger partial charge in [0.15, 0.2) is 11.2 Å². The lowest BCUT2D eigenvalue weighted by atomic mass is 10.2. The summed E-state index contributed by atoms with van der Waals surface area (Å²) in [6, 6.07) is 9.51. The molecular formula is C17H14ClN3O4S. The van der Waals surface area contributed by atoms with E-state index in [4.69, 9.17) is 16.3 Å². The van der Waals surface area contributed by atoms with Gasteiger partial charge in [0, 0.05) is 17.2 Å². The number of nitro groups is 1. The van der Waals surface area contributed by atoms with Gasteiger partial charge in [-0.2, -0.15) is 0 Å². The van der Waals surface area contributed by atoms with Crippen LogP contribution in [-0.2, 0) is 4.79 Å². The quantitative estimate of drug-likeness (QED) is 0.507. The van der Waals surface area contributed by atoms with Crippen LogP contribution in [0, 0.1) is 17.0 Å². The number of amides is 1. The SMILES string of the molecule is Cc1cc(Cl)ccc1O[C@@H](C)C(=O)Nc1nc2ccc([N+](=O)[O-])cc2s1. The van der Waals surface area contributed by atoms with Crippen LogP contribution in [0.1, 0.15) is 12.5 Å². The normalized spacial score (nSPS) is 12.0. The first kappa shape index (κ1) is 18.1. The molecular weight excluding hydrogens is 378 g/mol. The molecule has 9 heteroatoms. The number of nitrogens with one attached hydrogen (secondary N) is 1. The zero-order valence-corrected chi connectivity index (χ0v) is 15.4.